The molecule has 134 valence electrons. The van der Waals surface area contributed by atoms with Gasteiger partial charge in [0.15, 0.2) is 0 Å². The van der Waals surface area contributed by atoms with E-state index < -0.39 is 6.61 Å². The zero-order valence-electron chi connectivity index (χ0n) is 14.1. The number of fused-ring (bicyclic) bond motifs is 1. The monoisotopic (exact) mass is 340 g/mol. The number of nitrogens with zero attached hydrogens (tertiary/aromatic N) is 2. The van der Waals surface area contributed by atoms with Crippen LogP contribution in [0.3, 0.4) is 0 Å². The van der Waals surface area contributed by atoms with E-state index in [0.29, 0.717) is 6.04 Å². The van der Waals surface area contributed by atoms with E-state index in [9.17, 15) is 13.9 Å². The van der Waals surface area contributed by atoms with Gasteiger partial charge in [-0.15, -0.1) is 0 Å². The van der Waals surface area contributed by atoms with Crippen molar-refractivity contribution in [3.8, 4) is 5.75 Å². The smallest absolute Gasteiger partial charge is 0.387 e. The van der Waals surface area contributed by atoms with Gasteiger partial charge in [-0.3, -0.25) is 4.90 Å². The average molecular weight is 340 g/mol. The van der Waals surface area contributed by atoms with Crippen molar-refractivity contribution in [2.45, 2.75) is 38.5 Å². The van der Waals surface area contributed by atoms with Gasteiger partial charge in [0.05, 0.1) is 6.61 Å². The summed E-state index contributed by atoms with van der Waals surface area (Å²) in [5.74, 6) is 0.193. The number of rotatable bonds is 5. The summed E-state index contributed by atoms with van der Waals surface area (Å²) >= 11 is 0. The summed E-state index contributed by atoms with van der Waals surface area (Å²) in [6.07, 6.45) is 3.26. The van der Waals surface area contributed by atoms with Crippen LogP contribution in [0.4, 0.5) is 8.78 Å². The molecule has 0 unspecified atom stereocenters. The Morgan fingerprint density at radius 2 is 2.00 bits per heavy atom. The van der Waals surface area contributed by atoms with Crippen LogP contribution in [-0.4, -0.2) is 60.8 Å². The van der Waals surface area contributed by atoms with E-state index in [1.54, 1.807) is 12.1 Å². The highest BCUT2D eigenvalue weighted by molar-refractivity contribution is 5.27. The highest BCUT2D eigenvalue weighted by Crippen LogP contribution is 2.41. The summed E-state index contributed by atoms with van der Waals surface area (Å²) in [6, 6.07) is 7.25. The van der Waals surface area contributed by atoms with Gasteiger partial charge in [-0.25, -0.2) is 0 Å². The molecule has 2 aliphatic rings. The predicted molar refractivity (Wildman–Crippen MR) is 88.1 cm³/mol. The number of ether oxygens (including phenoxy) is 1. The summed E-state index contributed by atoms with van der Waals surface area (Å²) in [5.41, 5.74) is 1.13. The number of piperidine rings is 2. The van der Waals surface area contributed by atoms with E-state index in [4.69, 9.17) is 0 Å². The maximum Gasteiger partial charge on any atom is 0.387 e. The van der Waals surface area contributed by atoms with Crippen LogP contribution in [0, 0.1) is 5.41 Å². The topological polar surface area (TPSA) is 35.9 Å². The van der Waals surface area contributed by atoms with Crippen LogP contribution >= 0.6 is 0 Å². The normalized spacial score (nSPS) is 28.8. The number of aliphatic hydroxyl groups excluding tert-OH is 1. The van der Waals surface area contributed by atoms with Gasteiger partial charge in [0.2, 0.25) is 0 Å². The minimum absolute atomic E-state index is 0.0401. The van der Waals surface area contributed by atoms with Gasteiger partial charge in [-0.05, 0) is 57.1 Å². The minimum atomic E-state index is -2.79. The maximum atomic E-state index is 12.2. The van der Waals surface area contributed by atoms with Gasteiger partial charge < -0.3 is 14.7 Å². The first kappa shape index (κ1) is 17.6. The van der Waals surface area contributed by atoms with Gasteiger partial charge in [0.25, 0.3) is 0 Å². The van der Waals surface area contributed by atoms with E-state index in [1.807, 2.05) is 12.1 Å². The van der Waals surface area contributed by atoms with Gasteiger partial charge >= 0.3 is 6.61 Å². The molecule has 0 aliphatic carbocycles. The predicted octanol–water partition coefficient (Wildman–Crippen LogP) is 2.57. The fraction of sp³-hybridized carbons (Fsp3) is 0.667. The second kappa shape index (κ2) is 7.33. The third kappa shape index (κ3) is 3.71. The first-order valence-corrected chi connectivity index (χ1v) is 8.60. The highest BCUT2D eigenvalue weighted by atomic mass is 19.3. The number of hydrogen-bond donors (Lipinski definition) is 1. The summed E-state index contributed by atoms with van der Waals surface area (Å²) in [5, 5.41) is 9.95. The number of likely N-dealkylation sites (tertiary alicyclic amines) is 2. The Hall–Kier alpha value is -1.24. The van der Waals surface area contributed by atoms with Crippen molar-refractivity contribution in [3.63, 3.8) is 0 Å². The molecule has 6 heteroatoms. The van der Waals surface area contributed by atoms with E-state index in [2.05, 4.69) is 21.6 Å². The molecule has 1 aromatic carbocycles. The molecule has 0 bridgehead atoms. The maximum absolute atomic E-state index is 12.2. The number of halogens is 2. The summed E-state index contributed by atoms with van der Waals surface area (Å²) in [6.45, 7) is 1.24. The van der Waals surface area contributed by atoms with E-state index >= 15 is 0 Å². The van der Waals surface area contributed by atoms with Crippen molar-refractivity contribution in [2.24, 2.45) is 5.41 Å². The Labute approximate surface area is 142 Å². The molecule has 2 heterocycles. The van der Waals surface area contributed by atoms with Crippen molar-refractivity contribution in [1.82, 2.24) is 9.80 Å². The van der Waals surface area contributed by atoms with Crippen molar-refractivity contribution >= 4 is 0 Å². The van der Waals surface area contributed by atoms with Crippen LogP contribution in [0.1, 0.15) is 24.8 Å². The van der Waals surface area contributed by atoms with Crippen molar-refractivity contribution in [3.05, 3.63) is 29.8 Å². The Bertz CT molecular complexity index is 540. The van der Waals surface area contributed by atoms with Crippen molar-refractivity contribution in [2.75, 3.05) is 33.3 Å². The molecule has 3 rings (SSSR count). The van der Waals surface area contributed by atoms with Crippen LogP contribution in [0.2, 0.25) is 0 Å². The van der Waals surface area contributed by atoms with Crippen molar-refractivity contribution < 1.29 is 18.6 Å². The molecule has 0 saturated carbocycles. The number of alkyl halides is 2. The highest BCUT2D eigenvalue weighted by Gasteiger charge is 2.46. The molecule has 2 atom stereocenters. The van der Waals surface area contributed by atoms with Gasteiger partial charge in [0, 0.05) is 24.5 Å². The SMILES string of the molecule is CN1CCC[C@]2(CO)CCN(Cc3ccc(OC(F)F)cc3)C[C@@H]12. The van der Waals surface area contributed by atoms with Gasteiger partial charge in [-0.1, -0.05) is 12.1 Å². The fourth-order valence-corrected chi connectivity index (χ4v) is 4.25. The average Bonchev–Trinajstić information content (AvgIpc) is 2.57. The van der Waals surface area contributed by atoms with Gasteiger partial charge in [0.1, 0.15) is 5.75 Å². The van der Waals surface area contributed by atoms with Crippen LogP contribution in [0.15, 0.2) is 24.3 Å². The molecule has 0 aromatic heterocycles. The molecule has 0 spiro atoms. The lowest BCUT2D eigenvalue weighted by atomic mass is 9.69. The third-order valence-corrected chi connectivity index (χ3v) is 5.65. The van der Waals surface area contributed by atoms with Crippen molar-refractivity contribution in [1.29, 1.82) is 0 Å². The Morgan fingerprint density at radius 3 is 2.67 bits per heavy atom. The second-order valence-corrected chi connectivity index (χ2v) is 7.13. The third-order valence-electron chi connectivity index (χ3n) is 5.65. The van der Waals surface area contributed by atoms with E-state index in [0.717, 1.165) is 51.0 Å². The molecule has 0 radical (unpaired) electrons. The zero-order valence-corrected chi connectivity index (χ0v) is 14.1. The quantitative estimate of drug-likeness (QED) is 0.894. The molecule has 1 N–H and O–H groups in total. The fourth-order valence-electron chi connectivity index (χ4n) is 4.25. The van der Waals surface area contributed by atoms with Crippen LogP contribution in [-0.2, 0) is 6.54 Å². The second-order valence-electron chi connectivity index (χ2n) is 7.13. The molecule has 2 fully saturated rings. The lowest BCUT2D eigenvalue weighted by Gasteiger charge is -2.53. The lowest BCUT2D eigenvalue weighted by Crippen LogP contribution is -2.61. The van der Waals surface area contributed by atoms with Crippen LogP contribution in [0.5, 0.6) is 5.75 Å². The zero-order chi connectivity index (χ0) is 17.2. The minimum Gasteiger partial charge on any atom is -0.435 e. The Balaban J connectivity index is 1.62. The van der Waals surface area contributed by atoms with Crippen LogP contribution < -0.4 is 4.74 Å². The first-order chi connectivity index (χ1) is 11.5. The first-order valence-electron chi connectivity index (χ1n) is 8.60. The molecular weight excluding hydrogens is 314 g/mol. The molecule has 2 aliphatic heterocycles. The summed E-state index contributed by atoms with van der Waals surface area (Å²) < 4.78 is 28.8. The van der Waals surface area contributed by atoms with E-state index in [1.165, 1.54) is 0 Å². The Morgan fingerprint density at radius 1 is 1.25 bits per heavy atom. The number of likely N-dealkylation sites (N-methyl/N-ethyl adjacent to an activating group) is 1. The van der Waals surface area contributed by atoms with Gasteiger partial charge in [-0.2, -0.15) is 8.78 Å². The molecule has 4 nitrogen and oxygen atoms in total. The molecule has 0 amide bonds. The number of benzene rings is 1. The molecule has 24 heavy (non-hydrogen) atoms. The number of aliphatic hydroxyl groups is 1. The number of hydrogen-bond acceptors (Lipinski definition) is 4. The molecule has 2 saturated heterocycles. The summed E-state index contributed by atoms with van der Waals surface area (Å²) in [7, 11) is 2.15. The lowest BCUT2D eigenvalue weighted by molar-refractivity contribution is -0.0684. The summed E-state index contributed by atoms with van der Waals surface area (Å²) in [4.78, 5) is 4.77. The Kier molecular flexibility index (Phi) is 5.37. The van der Waals surface area contributed by atoms with Crippen LogP contribution in [0.25, 0.3) is 0 Å². The largest absolute Gasteiger partial charge is 0.435 e. The van der Waals surface area contributed by atoms with E-state index in [-0.39, 0.29) is 17.8 Å². The molecule has 1 aromatic rings. The standard InChI is InChI=1S/C18H26F2N2O2/c1-21-9-2-7-18(13-23)8-10-22(12-16(18)21)11-14-3-5-15(6-4-14)24-17(19)20/h3-6,16-17,23H,2,7-13H2,1H3/t16-,18-/m1/s1. The molecular formula is C18H26F2N2O2.